The monoisotopic (exact) mass is 264 g/mol. The van der Waals surface area contributed by atoms with E-state index in [1.54, 1.807) is 6.07 Å². The van der Waals surface area contributed by atoms with Crippen LogP contribution in [-0.2, 0) is 4.74 Å². The van der Waals surface area contributed by atoms with Gasteiger partial charge in [-0.1, -0.05) is 0 Å². The molecule has 0 atom stereocenters. The molecular formula is C6H5IN2O2. The maximum Gasteiger partial charge on any atom is 0.376 e. The Kier molecular flexibility index (Phi) is 2.75. The van der Waals surface area contributed by atoms with Gasteiger partial charge in [-0.15, -0.1) is 0 Å². The van der Waals surface area contributed by atoms with Gasteiger partial charge < -0.3 is 4.74 Å². The van der Waals surface area contributed by atoms with Crippen LogP contribution in [0.1, 0.15) is 10.6 Å². The van der Waals surface area contributed by atoms with Crippen LogP contribution in [0.5, 0.6) is 0 Å². The molecule has 0 radical (unpaired) electrons. The summed E-state index contributed by atoms with van der Waals surface area (Å²) in [4.78, 5) is 18.4. The van der Waals surface area contributed by atoms with Crippen molar-refractivity contribution < 1.29 is 9.53 Å². The van der Waals surface area contributed by atoms with Crippen LogP contribution in [0.2, 0.25) is 0 Å². The zero-order chi connectivity index (χ0) is 8.27. The number of nitrogens with zero attached hydrogens (tertiary/aromatic N) is 2. The lowest BCUT2D eigenvalue weighted by Crippen LogP contribution is -2.07. The standard InChI is InChI=1S/C6H5IN2O2/c1-11-6(10)5-8-3-2-4(7)9-5/h2-3H,1H3. The first-order valence-corrected chi connectivity index (χ1v) is 3.89. The molecule has 0 spiro atoms. The number of aromatic nitrogens is 2. The lowest BCUT2D eigenvalue weighted by molar-refractivity contribution is 0.0586. The highest BCUT2D eigenvalue weighted by Crippen LogP contribution is 1.99. The van der Waals surface area contributed by atoms with Gasteiger partial charge in [0, 0.05) is 6.20 Å². The second-order valence-corrected chi connectivity index (χ2v) is 2.80. The van der Waals surface area contributed by atoms with Crippen molar-refractivity contribution in [2.24, 2.45) is 0 Å². The molecule has 1 aromatic heterocycles. The van der Waals surface area contributed by atoms with E-state index in [0.717, 1.165) is 3.70 Å². The third-order valence-corrected chi connectivity index (χ3v) is 1.59. The Morgan fingerprint density at radius 1 is 1.73 bits per heavy atom. The highest BCUT2D eigenvalue weighted by molar-refractivity contribution is 14.1. The van der Waals surface area contributed by atoms with E-state index >= 15 is 0 Å². The molecule has 0 fully saturated rings. The van der Waals surface area contributed by atoms with Crippen LogP contribution in [0.3, 0.4) is 0 Å². The zero-order valence-corrected chi connectivity index (χ0v) is 7.90. The van der Waals surface area contributed by atoms with Crippen molar-refractivity contribution in [2.45, 2.75) is 0 Å². The fourth-order valence-corrected chi connectivity index (χ4v) is 0.916. The van der Waals surface area contributed by atoms with Crippen LogP contribution in [0.15, 0.2) is 12.3 Å². The molecule has 1 aromatic rings. The van der Waals surface area contributed by atoms with Crippen LogP contribution in [0, 0.1) is 3.70 Å². The first kappa shape index (κ1) is 8.38. The lowest BCUT2D eigenvalue weighted by Gasteiger charge is -1.95. The van der Waals surface area contributed by atoms with Gasteiger partial charge in [-0.3, -0.25) is 0 Å². The SMILES string of the molecule is COC(=O)c1nccc(I)n1. The Bertz CT molecular complexity index is 277. The molecule has 0 aliphatic carbocycles. The van der Waals surface area contributed by atoms with E-state index in [4.69, 9.17) is 0 Å². The van der Waals surface area contributed by atoms with E-state index in [1.165, 1.54) is 13.3 Å². The van der Waals surface area contributed by atoms with E-state index in [1.807, 2.05) is 22.6 Å². The predicted octanol–water partition coefficient (Wildman–Crippen LogP) is 0.868. The van der Waals surface area contributed by atoms with E-state index < -0.39 is 5.97 Å². The van der Waals surface area contributed by atoms with Gasteiger partial charge >= 0.3 is 5.97 Å². The third kappa shape index (κ3) is 2.11. The molecule has 0 bridgehead atoms. The maximum atomic E-state index is 10.8. The van der Waals surface area contributed by atoms with Crippen LogP contribution in [0.4, 0.5) is 0 Å². The predicted molar refractivity (Wildman–Crippen MR) is 46.1 cm³/mol. The molecule has 58 valence electrons. The number of rotatable bonds is 1. The number of methoxy groups -OCH3 is 1. The van der Waals surface area contributed by atoms with Crippen molar-refractivity contribution in [1.29, 1.82) is 0 Å². The van der Waals surface area contributed by atoms with Gasteiger partial charge in [-0.2, -0.15) is 0 Å². The van der Waals surface area contributed by atoms with E-state index in [0.29, 0.717) is 0 Å². The second kappa shape index (κ2) is 3.61. The van der Waals surface area contributed by atoms with Crippen molar-refractivity contribution in [3.63, 3.8) is 0 Å². The minimum atomic E-state index is -0.511. The minimum absolute atomic E-state index is 0.0967. The summed E-state index contributed by atoms with van der Waals surface area (Å²) in [6.07, 6.45) is 1.51. The van der Waals surface area contributed by atoms with Crippen molar-refractivity contribution in [3.05, 3.63) is 21.8 Å². The molecule has 5 heteroatoms. The van der Waals surface area contributed by atoms with E-state index in [-0.39, 0.29) is 5.82 Å². The average molecular weight is 264 g/mol. The number of ether oxygens (including phenoxy) is 1. The molecular weight excluding hydrogens is 259 g/mol. The number of carbonyl (C=O) groups excluding carboxylic acids is 1. The van der Waals surface area contributed by atoms with Crippen LogP contribution < -0.4 is 0 Å². The fourth-order valence-electron chi connectivity index (χ4n) is 0.526. The van der Waals surface area contributed by atoms with Crippen molar-refractivity contribution in [2.75, 3.05) is 7.11 Å². The third-order valence-electron chi connectivity index (χ3n) is 0.990. The quantitative estimate of drug-likeness (QED) is 0.429. The molecule has 0 unspecified atom stereocenters. The maximum absolute atomic E-state index is 10.8. The minimum Gasteiger partial charge on any atom is -0.463 e. The van der Waals surface area contributed by atoms with Gasteiger partial charge in [0.1, 0.15) is 3.70 Å². The highest BCUT2D eigenvalue weighted by Gasteiger charge is 2.07. The van der Waals surface area contributed by atoms with Gasteiger partial charge in [0.2, 0.25) is 5.82 Å². The second-order valence-electron chi connectivity index (χ2n) is 1.69. The zero-order valence-electron chi connectivity index (χ0n) is 5.74. The highest BCUT2D eigenvalue weighted by atomic mass is 127. The molecule has 0 amide bonds. The summed E-state index contributed by atoms with van der Waals surface area (Å²) < 4.78 is 5.14. The van der Waals surface area contributed by atoms with Gasteiger partial charge in [-0.05, 0) is 28.7 Å². The average Bonchev–Trinajstić information content (AvgIpc) is 2.03. The molecule has 1 heterocycles. The molecule has 0 aliphatic rings. The number of hydrogen-bond acceptors (Lipinski definition) is 4. The first-order chi connectivity index (χ1) is 5.24. The summed E-state index contributed by atoms with van der Waals surface area (Å²) in [7, 11) is 1.30. The van der Waals surface area contributed by atoms with Crippen LogP contribution in [0.25, 0.3) is 0 Å². The van der Waals surface area contributed by atoms with Crippen molar-refractivity contribution >= 4 is 28.6 Å². The topological polar surface area (TPSA) is 52.1 Å². The lowest BCUT2D eigenvalue weighted by atomic mass is 10.6. The molecule has 0 saturated carbocycles. The molecule has 0 N–H and O–H groups in total. The van der Waals surface area contributed by atoms with E-state index in [2.05, 4.69) is 14.7 Å². The van der Waals surface area contributed by atoms with Crippen molar-refractivity contribution in [3.8, 4) is 0 Å². The largest absolute Gasteiger partial charge is 0.463 e. The van der Waals surface area contributed by atoms with Crippen LogP contribution in [-0.4, -0.2) is 23.0 Å². The smallest absolute Gasteiger partial charge is 0.376 e. The number of halogens is 1. The summed E-state index contributed by atoms with van der Waals surface area (Å²) in [5, 5.41) is 0. The van der Waals surface area contributed by atoms with Gasteiger partial charge in [0.15, 0.2) is 0 Å². The Balaban J connectivity index is 2.96. The Morgan fingerprint density at radius 3 is 3.00 bits per heavy atom. The molecule has 0 aromatic carbocycles. The normalized spacial score (nSPS) is 9.27. The van der Waals surface area contributed by atoms with Gasteiger partial charge in [0.25, 0.3) is 0 Å². The number of carbonyl (C=O) groups is 1. The van der Waals surface area contributed by atoms with Gasteiger partial charge in [0.05, 0.1) is 7.11 Å². The summed E-state index contributed by atoms with van der Waals surface area (Å²) in [5.74, 6) is -0.414. The Hall–Kier alpha value is -0.720. The molecule has 4 nitrogen and oxygen atoms in total. The van der Waals surface area contributed by atoms with Gasteiger partial charge in [-0.25, -0.2) is 14.8 Å². The Labute approximate surface area is 77.1 Å². The summed E-state index contributed by atoms with van der Waals surface area (Å²) in [6, 6.07) is 1.70. The first-order valence-electron chi connectivity index (χ1n) is 2.81. The summed E-state index contributed by atoms with van der Waals surface area (Å²) in [6.45, 7) is 0. The summed E-state index contributed by atoms with van der Waals surface area (Å²) >= 11 is 2.00. The molecule has 1 rings (SSSR count). The number of hydrogen-bond donors (Lipinski definition) is 0. The molecule has 0 aliphatic heterocycles. The fraction of sp³-hybridized carbons (Fsp3) is 0.167. The van der Waals surface area contributed by atoms with E-state index in [9.17, 15) is 4.79 Å². The molecule has 0 saturated heterocycles. The van der Waals surface area contributed by atoms with Crippen molar-refractivity contribution in [1.82, 2.24) is 9.97 Å². The molecule has 11 heavy (non-hydrogen) atoms. The summed E-state index contributed by atoms with van der Waals surface area (Å²) in [5.41, 5.74) is 0. The Morgan fingerprint density at radius 2 is 2.45 bits per heavy atom. The number of esters is 1. The van der Waals surface area contributed by atoms with Crippen LogP contribution >= 0.6 is 22.6 Å².